The minimum atomic E-state index is -0.0408. The van der Waals surface area contributed by atoms with Crippen molar-refractivity contribution in [3.8, 4) is 0 Å². The number of hydrogen-bond acceptors (Lipinski definition) is 4. The van der Waals surface area contributed by atoms with Gasteiger partial charge in [0.05, 0.1) is 5.52 Å². The second-order valence-corrected chi connectivity index (χ2v) is 7.25. The maximum Gasteiger partial charge on any atom is 0.137 e. The number of nitrogens with two attached hydrogens (primary N) is 1. The summed E-state index contributed by atoms with van der Waals surface area (Å²) >= 11 is 0. The fourth-order valence-corrected chi connectivity index (χ4v) is 2.86. The van der Waals surface area contributed by atoms with Gasteiger partial charge in [0.1, 0.15) is 12.1 Å². The Labute approximate surface area is 120 Å². The Morgan fingerprint density at radius 2 is 1.80 bits per heavy atom. The molecule has 20 heavy (non-hydrogen) atoms. The number of hydrogen-bond donors (Lipinski definition) is 2. The lowest BCUT2D eigenvalue weighted by molar-refractivity contribution is 0.302. The molecule has 0 saturated heterocycles. The van der Waals surface area contributed by atoms with Crippen LogP contribution in [-0.4, -0.2) is 15.5 Å². The van der Waals surface area contributed by atoms with Crippen LogP contribution in [-0.2, 0) is 0 Å². The van der Waals surface area contributed by atoms with Crippen molar-refractivity contribution in [3.05, 3.63) is 24.5 Å². The number of benzene rings is 1. The summed E-state index contributed by atoms with van der Waals surface area (Å²) in [7, 11) is 0. The summed E-state index contributed by atoms with van der Waals surface area (Å²) in [6.07, 6.45) is 2.62. The molecule has 2 rings (SSSR count). The topological polar surface area (TPSA) is 63.8 Å². The Bertz CT molecular complexity index is 611. The van der Waals surface area contributed by atoms with Gasteiger partial charge in [0, 0.05) is 16.6 Å². The Morgan fingerprint density at radius 1 is 1.10 bits per heavy atom. The SMILES string of the molecule is CC(C)(C)CC(C)(C)Nc1ncnc2cc(N)ccc12. The lowest BCUT2D eigenvalue weighted by Crippen LogP contribution is -2.35. The summed E-state index contributed by atoms with van der Waals surface area (Å²) in [4.78, 5) is 8.66. The van der Waals surface area contributed by atoms with E-state index in [0.717, 1.165) is 28.8 Å². The van der Waals surface area contributed by atoms with E-state index in [9.17, 15) is 0 Å². The third-order valence-electron chi connectivity index (χ3n) is 3.09. The Hall–Kier alpha value is -1.84. The Morgan fingerprint density at radius 3 is 2.45 bits per heavy atom. The molecule has 1 heterocycles. The van der Waals surface area contributed by atoms with Crippen molar-refractivity contribution in [2.75, 3.05) is 11.1 Å². The Balaban J connectivity index is 2.34. The highest BCUT2D eigenvalue weighted by Crippen LogP contribution is 2.31. The van der Waals surface area contributed by atoms with Gasteiger partial charge in [0.2, 0.25) is 0 Å². The van der Waals surface area contributed by atoms with Crippen LogP contribution in [0, 0.1) is 5.41 Å². The molecule has 2 aromatic rings. The van der Waals surface area contributed by atoms with Gasteiger partial charge in [-0.25, -0.2) is 9.97 Å². The van der Waals surface area contributed by atoms with E-state index >= 15 is 0 Å². The molecule has 4 heteroatoms. The van der Waals surface area contributed by atoms with Crippen molar-refractivity contribution in [2.24, 2.45) is 5.41 Å². The van der Waals surface area contributed by atoms with Crippen molar-refractivity contribution < 1.29 is 0 Å². The zero-order valence-corrected chi connectivity index (χ0v) is 13.0. The predicted octanol–water partition coefficient (Wildman–Crippen LogP) is 3.84. The van der Waals surface area contributed by atoms with Crippen molar-refractivity contribution in [1.29, 1.82) is 0 Å². The highest BCUT2D eigenvalue weighted by Gasteiger charge is 2.26. The molecule has 0 amide bonds. The van der Waals surface area contributed by atoms with E-state index in [2.05, 4.69) is 49.9 Å². The molecular formula is C16H24N4. The highest BCUT2D eigenvalue weighted by atomic mass is 15.1. The number of rotatable bonds is 3. The molecule has 0 atom stereocenters. The molecule has 0 aliphatic heterocycles. The maximum absolute atomic E-state index is 5.80. The average Bonchev–Trinajstić information content (AvgIpc) is 2.24. The van der Waals surface area contributed by atoms with Crippen molar-refractivity contribution in [2.45, 2.75) is 46.6 Å². The van der Waals surface area contributed by atoms with Crippen LogP contribution >= 0.6 is 0 Å². The number of aromatic nitrogens is 2. The summed E-state index contributed by atoms with van der Waals surface area (Å²) in [5.41, 5.74) is 7.60. The zero-order valence-electron chi connectivity index (χ0n) is 13.0. The van der Waals surface area contributed by atoms with E-state index < -0.39 is 0 Å². The largest absolute Gasteiger partial charge is 0.399 e. The molecule has 0 fully saturated rings. The first-order chi connectivity index (χ1) is 9.16. The van der Waals surface area contributed by atoms with E-state index in [1.54, 1.807) is 6.33 Å². The van der Waals surface area contributed by atoms with E-state index in [1.165, 1.54) is 0 Å². The summed E-state index contributed by atoms with van der Waals surface area (Å²) in [6, 6.07) is 5.73. The second kappa shape index (κ2) is 4.93. The number of nitrogens with one attached hydrogen (secondary N) is 1. The average molecular weight is 272 g/mol. The van der Waals surface area contributed by atoms with Gasteiger partial charge in [0.25, 0.3) is 0 Å². The monoisotopic (exact) mass is 272 g/mol. The van der Waals surface area contributed by atoms with E-state index in [0.29, 0.717) is 0 Å². The maximum atomic E-state index is 5.80. The minimum absolute atomic E-state index is 0.0408. The normalized spacial score (nSPS) is 12.7. The smallest absolute Gasteiger partial charge is 0.137 e. The first-order valence-corrected chi connectivity index (χ1v) is 6.95. The fourth-order valence-electron chi connectivity index (χ4n) is 2.86. The summed E-state index contributed by atoms with van der Waals surface area (Å²) in [5.74, 6) is 0.865. The molecule has 1 aromatic heterocycles. The summed E-state index contributed by atoms with van der Waals surface area (Å²) in [6.45, 7) is 11.1. The van der Waals surface area contributed by atoms with Crippen molar-refractivity contribution in [1.82, 2.24) is 9.97 Å². The molecule has 0 aliphatic rings. The van der Waals surface area contributed by atoms with Crippen molar-refractivity contribution >= 4 is 22.4 Å². The van der Waals surface area contributed by atoms with E-state index in [4.69, 9.17) is 5.73 Å². The molecule has 0 bridgehead atoms. The first-order valence-electron chi connectivity index (χ1n) is 6.95. The van der Waals surface area contributed by atoms with Crippen LogP contribution in [0.25, 0.3) is 10.9 Å². The molecule has 0 spiro atoms. The standard InChI is InChI=1S/C16H24N4/c1-15(2,3)9-16(4,5)20-14-12-7-6-11(17)8-13(12)18-10-19-14/h6-8,10H,9,17H2,1-5H3,(H,18,19,20). The summed E-state index contributed by atoms with van der Waals surface area (Å²) < 4.78 is 0. The first kappa shape index (κ1) is 14.6. The minimum Gasteiger partial charge on any atom is -0.399 e. The molecule has 4 nitrogen and oxygen atoms in total. The lowest BCUT2D eigenvalue weighted by atomic mass is 9.82. The van der Waals surface area contributed by atoms with Gasteiger partial charge < -0.3 is 11.1 Å². The number of fused-ring (bicyclic) bond motifs is 1. The van der Waals surface area contributed by atoms with E-state index in [-0.39, 0.29) is 11.0 Å². The van der Waals surface area contributed by atoms with Gasteiger partial charge in [-0.2, -0.15) is 0 Å². The Kier molecular flexibility index (Phi) is 3.59. The molecule has 3 N–H and O–H groups in total. The third kappa shape index (κ3) is 3.59. The van der Waals surface area contributed by atoms with Crippen molar-refractivity contribution in [3.63, 3.8) is 0 Å². The van der Waals surface area contributed by atoms with Crippen LogP contribution in [0.3, 0.4) is 0 Å². The quantitative estimate of drug-likeness (QED) is 0.833. The number of anilines is 2. The molecule has 0 saturated carbocycles. The van der Waals surface area contributed by atoms with Crippen LogP contribution in [0.5, 0.6) is 0 Å². The van der Waals surface area contributed by atoms with Crippen LogP contribution in [0.2, 0.25) is 0 Å². The second-order valence-electron chi connectivity index (χ2n) is 7.25. The lowest BCUT2D eigenvalue weighted by Gasteiger charge is -2.34. The van der Waals surface area contributed by atoms with Gasteiger partial charge in [-0.3, -0.25) is 0 Å². The zero-order chi connectivity index (χ0) is 15.0. The van der Waals surface area contributed by atoms with Crippen LogP contribution < -0.4 is 11.1 Å². The van der Waals surface area contributed by atoms with Gasteiger partial charge in [-0.05, 0) is 43.9 Å². The number of nitrogens with zero attached hydrogens (tertiary/aromatic N) is 2. The molecular weight excluding hydrogens is 248 g/mol. The van der Waals surface area contributed by atoms with Crippen LogP contribution in [0.4, 0.5) is 11.5 Å². The molecule has 108 valence electrons. The summed E-state index contributed by atoms with van der Waals surface area (Å²) in [5, 5.41) is 4.55. The van der Waals surface area contributed by atoms with Gasteiger partial charge >= 0.3 is 0 Å². The number of nitrogen functional groups attached to an aromatic ring is 1. The van der Waals surface area contributed by atoms with E-state index in [1.807, 2.05) is 18.2 Å². The predicted molar refractivity (Wildman–Crippen MR) is 85.7 cm³/mol. The highest BCUT2D eigenvalue weighted by molar-refractivity contribution is 5.90. The fraction of sp³-hybridized carbons (Fsp3) is 0.500. The van der Waals surface area contributed by atoms with Crippen LogP contribution in [0.1, 0.15) is 41.0 Å². The molecule has 0 unspecified atom stereocenters. The van der Waals surface area contributed by atoms with Gasteiger partial charge in [0.15, 0.2) is 0 Å². The molecule has 0 aliphatic carbocycles. The molecule has 1 aromatic carbocycles. The van der Waals surface area contributed by atoms with Crippen LogP contribution in [0.15, 0.2) is 24.5 Å². The van der Waals surface area contributed by atoms with Gasteiger partial charge in [-0.1, -0.05) is 20.8 Å². The third-order valence-corrected chi connectivity index (χ3v) is 3.09. The van der Waals surface area contributed by atoms with Gasteiger partial charge in [-0.15, -0.1) is 0 Å². The molecule has 0 radical (unpaired) electrons.